The summed E-state index contributed by atoms with van der Waals surface area (Å²) >= 11 is 0. The number of para-hydroxylation sites is 1. The standard InChI is InChI=1S/C20H16F3N3O/c1-13-5-2-3-8-17(13)26-19(27)14-9-10-18(24-12-14)25-16-7-4-6-15(11-16)20(21,22)23/h2-12H,1H3,(H,24,25)(H,26,27). The molecule has 1 heterocycles. The largest absolute Gasteiger partial charge is 0.416 e. The van der Waals surface area contributed by atoms with Crippen LogP contribution < -0.4 is 10.6 Å². The van der Waals surface area contributed by atoms with Gasteiger partial charge in [-0.1, -0.05) is 24.3 Å². The molecule has 2 aromatic carbocycles. The molecule has 0 saturated heterocycles. The molecular formula is C20H16F3N3O. The number of aryl methyl sites for hydroxylation is 1. The third kappa shape index (κ3) is 4.63. The van der Waals surface area contributed by atoms with Gasteiger partial charge in [-0.2, -0.15) is 13.2 Å². The van der Waals surface area contributed by atoms with Crippen LogP contribution in [0.25, 0.3) is 0 Å². The quantitative estimate of drug-likeness (QED) is 0.645. The average molecular weight is 371 g/mol. The SMILES string of the molecule is Cc1ccccc1NC(=O)c1ccc(Nc2cccc(C(F)(F)F)c2)nc1. The monoisotopic (exact) mass is 371 g/mol. The second-order valence-corrected chi connectivity index (χ2v) is 5.90. The van der Waals surface area contributed by atoms with E-state index >= 15 is 0 Å². The van der Waals surface area contributed by atoms with E-state index in [-0.39, 0.29) is 11.6 Å². The van der Waals surface area contributed by atoms with Gasteiger partial charge >= 0.3 is 6.18 Å². The second-order valence-electron chi connectivity index (χ2n) is 5.90. The maximum atomic E-state index is 12.8. The van der Waals surface area contributed by atoms with E-state index in [1.165, 1.54) is 24.4 Å². The van der Waals surface area contributed by atoms with E-state index in [2.05, 4.69) is 15.6 Å². The van der Waals surface area contributed by atoms with Crippen LogP contribution in [-0.4, -0.2) is 10.9 Å². The number of hydrogen-bond acceptors (Lipinski definition) is 3. The van der Waals surface area contributed by atoms with Crippen molar-refractivity contribution in [2.24, 2.45) is 0 Å². The summed E-state index contributed by atoms with van der Waals surface area (Å²) in [6.45, 7) is 1.88. The molecule has 0 fully saturated rings. The Bertz CT molecular complexity index is 953. The Hall–Kier alpha value is -3.35. The molecule has 2 N–H and O–H groups in total. The van der Waals surface area contributed by atoms with E-state index in [0.717, 1.165) is 17.7 Å². The number of pyridine rings is 1. The Kier molecular flexibility index (Phi) is 5.12. The highest BCUT2D eigenvalue weighted by Gasteiger charge is 2.30. The van der Waals surface area contributed by atoms with E-state index in [4.69, 9.17) is 0 Å². The van der Waals surface area contributed by atoms with Crippen molar-refractivity contribution in [2.45, 2.75) is 13.1 Å². The molecule has 0 unspecified atom stereocenters. The molecule has 7 heteroatoms. The van der Waals surface area contributed by atoms with E-state index in [9.17, 15) is 18.0 Å². The molecule has 0 bridgehead atoms. The summed E-state index contributed by atoms with van der Waals surface area (Å²) in [4.78, 5) is 16.4. The Balaban J connectivity index is 1.70. The van der Waals surface area contributed by atoms with Crippen molar-refractivity contribution < 1.29 is 18.0 Å². The van der Waals surface area contributed by atoms with Gasteiger partial charge in [-0.05, 0) is 48.9 Å². The van der Waals surface area contributed by atoms with Gasteiger partial charge in [0.2, 0.25) is 0 Å². The molecule has 27 heavy (non-hydrogen) atoms. The zero-order valence-corrected chi connectivity index (χ0v) is 14.3. The summed E-state index contributed by atoms with van der Waals surface area (Å²) in [7, 11) is 0. The number of nitrogens with one attached hydrogen (secondary N) is 2. The predicted octanol–water partition coefficient (Wildman–Crippen LogP) is 5.40. The first-order chi connectivity index (χ1) is 12.8. The molecule has 1 aromatic heterocycles. The molecule has 0 aliphatic carbocycles. The number of aromatic nitrogens is 1. The van der Waals surface area contributed by atoms with Crippen LogP contribution in [0.2, 0.25) is 0 Å². The van der Waals surface area contributed by atoms with Gasteiger partial charge in [-0.3, -0.25) is 4.79 Å². The number of halogens is 3. The molecule has 4 nitrogen and oxygen atoms in total. The Morgan fingerprint density at radius 3 is 2.44 bits per heavy atom. The highest BCUT2D eigenvalue weighted by Crippen LogP contribution is 2.31. The van der Waals surface area contributed by atoms with E-state index < -0.39 is 11.7 Å². The zero-order chi connectivity index (χ0) is 19.4. The third-order valence-electron chi connectivity index (χ3n) is 3.88. The number of rotatable bonds is 4. The molecule has 0 radical (unpaired) electrons. The first-order valence-electron chi connectivity index (χ1n) is 8.10. The van der Waals surface area contributed by atoms with Crippen LogP contribution in [-0.2, 0) is 6.18 Å². The lowest BCUT2D eigenvalue weighted by Crippen LogP contribution is -2.13. The minimum absolute atomic E-state index is 0.259. The Morgan fingerprint density at radius 2 is 1.78 bits per heavy atom. The van der Waals surface area contributed by atoms with Gasteiger partial charge in [0.15, 0.2) is 0 Å². The van der Waals surface area contributed by atoms with Crippen LogP contribution in [0, 0.1) is 6.92 Å². The molecule has 0 aliphatic rings. The lowest BCUT2D eigenvalue weighted by Gasteiger charge is -2.11. The van der Waals surface area contributed by atoms with Gasteiger partial charge in [0.1, 0.15) is 5.82 Å². The molecule has 3 rings (SSSR count). The van der Waals surface area contributed by atoms with Gasteiger partial charge < -0.3 is 10.6 Å². The summed E-state index contributed by atoms with van der Waals surface area (Å²) in [6.07, 6.45) is -3.05. The number of carbonyl (C=O) groups excluding carboxylic acids is 1. The highest BCUT2D eigenvalue weighted by atomic mass is 19.4. The molecule has 0 saturated carbocycles. The molecular weight excluding hydrogens is 355 g/mol. The molecule has 138 valence electrons. The first kappa shape index (κ1) is 18.4. The topological polar surface area (TPSA) is 54.0 Å². The van der Waals surface area contributed by atoms with E-state index in [1.807, 2.05) is 25.1 Å². The lowest BCUT2D eigenvalue weighted by molar-refractivity contribution is -0.137. The number of alkyl halides is 3. The van der Waals surface area contributed by atoms with Crippen LogP contribution in [0.5, 0.6) is 0 Å². The fraction of sp³-hybridized carbons (Fsp3) is 0.100. The van der Waals surface area contributed by atoms with Crippen molar-refractivity contribution in [3.63, 3.8) is 0 Å². The van der Waals surface area contributed by atoms with Crippen LogP contribution in [0.15, 0.2) is 66.9 Å². The summed E-state index contributed by atoms with van der Waals surface area (Å²) in [5.74, 6) is 0.0178. The lowest BCUT2D eigenvalue weighted by atomic mass is 10.2. The third-order valence-corrected chi connectivity index (χ3v) is 3.88. The van der Waals surface area contributed by atoms with Gasteiger partial charge in [-0.15, -0.1) is 0 Å². The van der Waals surface area contributed by atoms with Gasteiger partial charge in [0, 0.05) is 17.6 Å². The first-order valence-corrected chi connectivity index (χ1v) is 8.10. The summed E-state index contributed by atoms with van der Waals surface area (Å²) in [5.41, 5.74) is 1.49. The summed E-state index contributed by atoms with van der Waals surface area (Å²) in [6, 6.07) is 15.3. The van der Waals surface area contributed by atoms with Crippen molar-refractivity contribution in [1.29, 1.82) is 0 Å². The zero-order valence-electron chi connectivity index (χ0n) is 14.3. The minimum atomic E-state index is -4.41. The summed E-state index contributed by atoms with van der Waals surface area (Å²) in [5, 5.41) is 5.59. The molecule has 0 atom stereocenters. The number of benzene rings is 2. The number of hydrogen-bond donors (Lipinski definition) is 2. The molecule has 0 aliphatic heterocycles. The summed E-state index contributed by atoms with van der Waals surface area (Å²) < 4.78 is 38.3. The van der Waals surface area contributed by atoms with Gasteiger partial charge in [-0.25, -0.2) is 4.98 Å². The number of carbonyl (C=O) groups is 1. The maximum absolute atomic E-state index is 12.8. The highest BCUT2D eigenvalue weighted by molar-refractivity contribution is 6.04. The predicted molar refractivity (Wildman–Crippen MR) is 98.1 cm³/mol. The van der Waals surface area contributed by atoms with Crippen molar-refractivity contribution in [2.75, 3.05) is 10.6 Å². The van der Waals surface area contributed by atoms with Crippen LogP contribution in [0.4, 0.5) is 30.4 Å². The fourth-order valence-electron chi connectivity index (χ4n) is 2.43. The number of nitrogens with zero attached hydrogens (tertiary/aromatic N) is 1. The Labute approximate surface area is 154 Å². The minimum Gasteiger partial charge on any atom is -0.340 e. The van der Waals surface area contributed by atoms with Crippen LogP contribution in [0.1, 0.15) is 21.5 Å². The van der Waals surface area contributed by atoms with Crippen molar-refractivity contribution >= 4 is 23.1 Å². The average Bonchev–Trinajstić information content (AvgIpc) is 2.64. The number of amides is 1. The van der Waals surface area contributed by atoms with Crippen molar-refractivity contribution in [1.82, 2.24) is 4.98 Å². The van der Waals surface area contributed by atoms with Crippen LogP contribution in [0.3, 0.4) is 0 Å². The van der Waals surface area contributed by atoms with Gasteiger partial charge in [0.25, 0.3) is 5.91 Å². The van der Waals surface area contributed by atoms with Crippen LogP contribution >= 0.6 is 0 Å². The molecule has 0 spiro atoms. The number of anilines is 3. The molecule has 3 aromatic rings. The van der Waals surface area contributed by atoms with Gasteiger partial charge in [0.05, 0.1) is 11.1 Å². The molecule has 1 amide bonds. The normalized spacial score (nSPS) is 11.1. The van der Waals surface area contributed by atoms with Crippen molar-refractivity contribution in [3.8, 4) is 0 Å². The Morgan fingerprint density at radius 1 is 1.00 bits per heavy atom. The van der Waals surface area contributed by atoms with E-state index in [1.54, 1.807) is 12.1 Å². The smallest absolute Gasteiger partial charge is 0.340 e. The maximum Gasteiger partial charge on any atom is 0.416 e. The fourth-order valence-corrected chi connectivity index (χ4v) is 2.43. The van der Waals surface area contributed by atoms with Crippen molar-refractivity contribution in [3.05, 3.63) is 83.6 Å². The van der Waals surface area contributed by atoms with E-state index in [0.29, 0.717) is 17.1 Å². The second kappa shape index (κ2) is 7.49.